The summed E-state index contributed by atoms with van der Waals surface area (Å²) < 4.78 is 30.7. The van der Waals surface area contributed by atoms with Gasteiger partial charge in [0.2, 0.25) is 5.37 Å². The fraction of sp³-hybridized carbons (Fsp3) is 0.333. The number of benzene rings is 2. The minimum Gasteiger partial charge on any atom is -0.457 e. The van der Waals surface area contributed by atoms with Crippen molar-refractivity contribution < 1.29 is 17.9 Å². The van der Waals surface area contributed by atoms with Crippen LogP contribution in [-0.2, 0) is 14.6 Å². The molecule has 1 aliphatic carbocycles. The van der Waals surface area contributed by atoms with E-state index in [1.165, 1.54) is 9.80 Å². The zero-order valence-corrected chi connectivity index (χ0v) is 17.7. The van der Waals surface area contributed by atoms with Gasteiger partial charge in [-0.25, -0.2) is 8.42 Å². The number of carbonyl (C=O) groups excluding carboxylic acids is 1. The van der Waals surface area contributed by atoms with Crippen LogP contribution in [0.5, 0.6) is 11.5 Å². The van der Waals surface area contributed by atoms with Crippen LogP contribution in [0, 0.1) is 0 Å². The van der Waals surface area contributed by atoms with E-state index in [1.807, 2.05) is 30.3 Å². The number of para-hydroxylation sites is 1. The molecule has 1 amide bonds. The third kappa shape index (κ3) is 3.86. The fourth-order valence-corrected chi connectivity index (χ4v) is 5.56. The standard InChI is InChI=1S/C21H22N2O4S2/c1-29(25,26)20-19(24)22(15-7-5-6-8-15)21(28)23(20)16-11-13-18(14-12-16)27-17-9-3-2-4-10-17/h2-4,9-15,20H,5-8H2,1H3. The van der Waals surface area contributed by atoms with Crippen LogP contribution in [0.1, 0.15) is 25.7 Å². The van der Waals surface area contributed by atoms with Crippen molar-refractivity contribution in [2.45, 2.75) is 37.1 Å². The minimum absolute atomic E-state index is 0.0232. The molecule has 2 aromatic carbocycles. The molecule has 1 saturated carbocycles. The lowest BCUT2D eigenvalue weighted by molar-refractivity contribution is -0.126. The molecule has 0 spiro atoms. The summed E-state index contributed by atoms with van der Waals surface area (Å²) in [5.74, 6) is 0.863. The summed E-state index contributed by atoms with van der Waals surface area (Å²) in [6, 6.07) is 16.3. The van der Waals surface area contributed by atoms with Crippen molar-refractivity contribution in [3.05, 3.63) is 54.6 Å². The molecule has 0 bridgehead atoms. The molecule has 1 saturated heterocycles. The van der Waals surface area contributed by atoms with Gasteiger partial charge >= 0.3 is 0 Å². The first kappa shape index (κ1) is 19.8. The number of nitrogens with zero attached hydrogens (tertiary/aromatic N) is 2. The molecule has 1 heterocycles. The van der Waals surface area contributed by atoms with Gasteiger partial charge < -0.3 is 4.74 Å². The van der Waals surface area contributed by atoms with Gasteiger partial charge in [-0.3, -0.25) is 14.6 Å². The number of amides is 1. The van der Waals surface area contributed by atoms with Crippen molar-refractivity contribution in [2.24, 2.45) is 0 Å². The van der Waals surface area contributed by atoms with E-state index in [1.54, 1.807) is 24.3 Å². The lowest BCUT2D eigenvalue weighted by Gasteiger charge is -2.25. The number of hydrogen-bond donors (Lipinski definition) is 0. The van der Waals surface area contributed by atoms with E-state index in [0.29, 0.717) is 17.2 Å². The number of thiocarbonyl (C=S) groups is 1. The fourth-order valence-electron chi connectivity index (χ4n) is 3.96. The number of sulfone groups is 1. The number of carbonyl (C=O) groups is 1. The van der Waals surface area contributed by atoms with Gasteiger partial charge in [-0.15, -0.1) is 0 Å². The van der Waals surface area contributed by atoms with E-state index in [4.69, 9.17) is 17.0 Å². The summed E-state index contributed by atoms with van der Waals surface area (Å²) in [5.41, 5.74) is 0.555. The van der Waals surface area contributed by atoms with E-state index in [0.717, 1.165) is 31.9 Å². The number of rotatable bonds is 5. The van der Waals surface area contributed by atoms with Crippen molar-refractivity contribution in [3.8, 4) is 11.5 Å². The lowest BCUT2D eigenvalue weighted by atomic mass is 10.2. The summed E-state index contributed by atoms with van der Waals surface area (Å²) in [7, 11) is -3.69. The molecule has 6 nitrogen and oxygen atoms in total. The maximum Gasteiger partial charge on any atom is 0.267 e. The quantitative estimate of drug-likeness (QED) is 0.674. The smallest absolute Gasteiger partial charge is 0.267 e. The van der Waals surface area contributed by atoms with Gasteiger partial charge in [0, 0.05) is 18.0 Å². The Labute approximate surface area is 176 Å². The van der Waals surface area contributed by atoms with E-state index < -0.39 is 21.1 Å². The number of anilines is 1. The molecule has 8 heteroatoms. The van der Waals surface area contributed by atoms with Crippen LogP contribution in [0.25, 0.3) is 0 Å². The van der Waals surface area contributed by atoms with Crippen LogP contribution in [0.2, 0.25) is 0 Å². The predicted molar refractivity (Wildman–Crippen MR) is 116 cm³/mol. The zero-order chi connectivity index (χ0) is 20.6. The first-order valence-corrected chi connectivity index (χ1v) is 11.9. The van der Waals surface area contributed by atoms with Crippen molar-refractivity contribution in [3.63, 3.8) is 0 Å². The van der Waals surface area contributed by atoms with E-state index in [-0.39, 0.29) is 11.2 Å². The molecular weight excluding hydrogens is 408 g/mol. The van der Waals surface area contributed by atoms with Gasteiger partial charge in [0.25, 0.3) is 5.91 Å². The van der Waals surface area contributed by atoms with Crippen LogP contribution in [0.4, 0.5) is 5.69 Å². The summed E-state index contributed by atoms with van der Waals surface area (Å²) in [5, 5.41) is -1.06. The molecule has 29 heavy (non-hydrogen) atoms. The number of hydrogen-bond acceptors (Lipinski definition) is 5. The maximum absolute atomic E-state index is 13.0. The van der Waals surface area contributed by atoms with Crippen molar-refractivity contribution in [2.75, 3.05) is 11.2 Å². The maximum atomic E-state index is 13.0. The molecule has 0 aromatic heterocycles. The Hall–Kier alpha value is -2.45. The van der Waals surface area contributed by atoms with Crippen LogP contribution in [0.15, 0.2) is 54.6 Å². The molecule has 1 unspecified atom stereocenters. The van der Waals surface area contributed by atoms with Gasteiger partial charge in [-0.05, 0) is 61.5 Å². The molecule has 2 fully saturated rings. The highest BCUT2D eigenvalue weighted by molar-refractivity contribution is 7.92. The normalized spacial score (nSPS) is 20.5. The average molecular weight is 431 g/mol. The Morgan fingerprint density at radius 3 is 2.10 bits per heavy atom. The topological polar surface area (TPSA) is 66.9 Å². The Bertz CT molecular complexity index is 1020. The van der Waals surface area contributed by atoms with Crippen molar-refractivity contribution in [1.29, 1.82) is 0 Å². The molecule has 1 atom stereocenters. The average Bonchev–Trinajstić information content (AvgIpc) is 3.29. The highest BCUT2D eigenvalue weighted by Gasteiger charge is 2.51. The molecular formula is C21H22N2O4S2. The Balaban J connectivity index is 1.64. The molecule has 0 radical (unpaired) electrons. The summed E-state index contributed by atoms with van der Waals surface area (Å²) >= 11 is 5.58. The minimum atomic E-state index is -3.69. The van der Waals surface area contributed by atoms with Gasteiger partial charge in [-0.2, -0.15) is 0 Å². The SMILES string of the molecule is CS(=O)(=O)C1C(=O)N(C2CCCC2)C(=S)N1c1ccc(Oc2ccccc2)cc1. The van der Waals surface area contributed by atoms with Gasteiger partial charge in [-0.1, -0.05) is 31.0 Å². The first-order chi connectivity index (χ1) is 13.9. The lowest BCUT2D eigenvalue weighted by Crippen LogP contribution is -2.41. The predicted octanol–water partition coefficient (Wildman–Crippen LogP) is 3.73. The molecule has 2 aromatic rings. The van der Waals surface area contributed by atoms with Gasteiger partial charge in [0.1, 0.15) is 11.5 Å². The summed E-state index contributed by atoms with van der Waals surface area (Å²) in [6.45, 7) is 0. The molecule has 0 N–H and O–H groups in total. The first-order valence-electron chi connectivity index (χ1n) is 9.54. The summed E-state index contributed by atoms with van der Waals surface area (Å²) in [4.78, 5) is 16.0. The third-order valence-corrected chi connectivity index (χ3v) is 6.90. The molecule has 1 aliphatic heterocycles. The van der Waals surface area contributed by atoms with Crippen LogP contribution in [0.3, 0.4) is 0 Å². The highest BCUT2D eigenvalue weighted by Crippen LogP contribution is 2.35. The van der Waals surface area contributed by atoms with Gasteiger partial charge in [0.05, 0.1) is 0 Å². The molecule has 4 rings (SSSR count). The number of ether oxygens (including phenoxy) is 1. The second kappa shape index (κ2) is 7.76. The Morgan fingerprint density at radius 1 is 0.931 bits per heavy atom. The van der Waals surface area contributed by atoms with Crippen LogP contribution >= 0.6 is 12.2 Å². The summed E-state index contributed by atoms with van der Waals surface area (Å²) in [6.07, 6.45) is 4.81. The zero-order valence-electron chi connectivity index (χ0n) is 16.0. The Kier molecular flexibility index (Phi) is 5.31. The second-order valence-electron chi connectivity index (χ2n) is 7.39. The van der Waals surface area contributed by atoms with Crippen LogP contribution in [-0.4, -0.2) is 42.0 Å². The molecule has 2 aliphatic rings. The van der Waals surface area contributed by atoms with E-state index in [2.05, 4.69) is 0 Å². The third-order valence-electron chi connectivity index (χ3n) is 5.28. The monoisotopic (exact) mass is 430 g/mol. The van der Waals surface area contributed by atoms with Crippen molar-refractivity contribution >= 4 is 38.8 Å². The van der Waals surface area contributed by atoms with E-state index >= 15 is 0 Å². The van der Waals surface area contributed by atoms with Crippen molar-refractivity contribution in [1.82, 2.24) is 4.90 Å². The largest absolute Gasteiger partial charge is 0.457 e. The molecule has 152 valence electrons. The highest BCUT2D eigenvalue weighted by atomic mass is 32.2. The van der Waals surface area contributed by atoms with E-state index in [9.17, 15) is 13.2 Å². The Morgan fingerprint density at radius 2 is 1.52 bits per heavy atom. The van der Waals surface area contributed by atoms with Crippen LogP contribution < -0.4 is 9.64 Å². The van der Waals surface area contributed by atoms with Gasteiger partial charge in [0.15, 0.2) is 14.9 Å². The second-order valence-corrected chi connectivity index (χ2v) is 9.86.